The van der Waals surface area contributed by atoms with Crippen LogP contribution < -0.4 is 5.32 Å². The second kappa shape index (κ2) is 9.79. The van der Waals surface area contributed by atoms with Crippen molar-refractivity contribution in [2.24, 2.45) is 0 Å². The molecule has 2 amide bonds. The average Bonchev–Trinajstić information content (AvgIpc) is 3.29. The minimum atomic E-state index is -4.43. The normalized spacial score (nSPS) is 15.7. The van der Waals surface area contributed by atoms with Crippen LogP contribution in [0.15, 0.2) is 66.0 Å². The highest BCUT2D eigenvalue weighted by molar-refractivity contribution is 7.10. The van der Waals surface area contributed by atoms with E-state index < -0.39 is 11.7 Å². The number of nitrogens with zero attached hydrogens (tertiary/aromatic N) is 1. The van der Waals surface area contributed by atoms with Gasteiger partial charge in [-0.1, -0.05) is 42.5 Å². The summed E-state index contributed by atoms with van der Waals surface area (Å²) >= 11 is 1.63. The Bertz CT molecular complexity index is 1130. The van der Waals surface area contributed by atoms with E-state index >= 15 is 0 Å². The van der Waals surface area contributed by atoms with Crippen LogP contribution in [0.3, 0.4) is 0 Å². The number of carbonyl (C=O) groups is 2. The number of hydrogen-bond donors (Lipinski definition) is 1. The highest BCUT2D eigenvalue weighted by Gasteiger charge is 2.33. The lowest BCUT2D eigenvalue weighted by molar-refractivity contribution is -0.137. The van der Waals surface area contributed by atoms with Gasteiger partial charge < -0.3 is 10.2 Å². The molecule has 0 spiro atoms. The van der Waals surface area contributed by atoms with Crippen molar-refractivity contribution in [3.8, 4) is 0 Å². The fourth-order valence-electron chi connectivity index (χ4n) is 4.05. The van der Waals surface area contributed by atoms with Gasteiger partial charge in [0.1, 0.15) is 0 Å². The maximum atomic E-state index is 13.1. The summed E-state index contributed by atoms with van der Waals surface area (Å²) in [5, 5.41) is 4.65. The predicted octanol–water partition coefficient (Wildman–Crippen LogP) is 5.34. The van der Waals surface area contributed by atoms with Crippen LogP contribution in [0, 0.1) is 0 Å². The second-order valence-electron chi connectivity index (χ2n) is 7.94. The van der Waals surface area contributed by atoms with Gasteiger partial charge in [0, 0.05) is 30.8 Å². The third-order valence-corrected chi connectivity index (χ3v) is 6.72. The fraction of sp³-hybridized carbons (Fsp3) is 0.280. The van der Waals surface area contributed by atoms with Gasteiger partial charge in [0.2, 0.25) is 11.8 Å². The topological polar surface area (TPSA) is 49.4 Å². The number of rotatable bonds is 6. The lowest BCUT2D eigenvalue weighted by atomic mass is 9.95. The van der Waals surface area contributed by atoms with E-state index in [1.165, 1.54) is 17.7 Å². The first kappa shape index (κ1) is 23.0. The monoisotopic (exact) mass is 472 g/mol. The molecule has 8 heteroatoms. The molecule has 1 aromatic heterocycles. The number of carbonyl (C=O) groups excluding carboxylic acids is 2. The zero-order valence-electron chi connectivity index (χ0n) is 17.8. The Morgan fingerprint density at radius 2 is 1.82 bits per heavy atom. The molecule has 3 aromatic rings. The van der Waals surface area contributed by atoms with E-state index in [0.29, 0.717) is 12.1 Å². The summed E-state index contributed by atoms with van der Waals surface area (Å²) in [6.45, 7) is 0.555. The van der Waals surface area contributed by atoms with Crippen LogP contribution in [0.4, 0.5) is 13.2 Å². The minimum absolute atomic E-state index is 0.0207. The summed E-state index contributed by atoms with van der Waals surface area (Å²) in [7, 11) is 0. The van der Waals surface area contributed by atoms with Crippen LogP contribution in [0.25, 0.3) is 0 Å². The zero-order valence-corrected chi connectivity index (χ0v) is 18.6. The number of fused-ring (bicyclic) bond motifs is 1. The summed E-state index contributed by atoms with van der Waals surface area (Å²) in [4.78, 5) is 28.3. The summed E-state index contributed by atoms with van der Waals surface area (Å²) < 4.78 is 38.6. The van der Waals surface area contributed by atoms with Crippen molar-refractivity contribution in [2.75, 3.05) is 6.54 Å². The van der Waals surface area contributed by atoms with Gasteiger partial charge in [-0.3, -0.25) is 9.59 Å². The molecule has 0 saturated carbocycles. The molecule has 4 nitrogen and oxygen atoms in total. The molecular weight excluding hydrogens is 449 g/mol. The molecule has 1 N–H and O–H groups in total. The van der Waals surface area contributed by atoms with E-state index in [2.05, 4.69) is 11.4 Å². The summed E-state index contributed by atoms with van der Waals surface area (Å²) in [6, 6.07) is 16.6. The van der Waals surface area contributed by atoms with Crippen LogP contribution in [0.2, 0.25) is 0 Å². The van der Waals surface area contributed by atoms with Crippen LogP contribution in [0.5, 0.6) is 0 Å². The van der Waals surface area contributed by atoms with Gasteiger partial charge in [-0.2, -0.15) is 13.2 Å². The molecule has 0 aliphatic carbocycles. The smallest absolute Gasteiger partial charge is 0.352 e. The standard InChI is InChI=1S/C25H23F3N2O2S/c26-25(27,28)20-8-4-5-17(15-20)16-29-21(31)9-10-22(32)30-13-11-19-12-14-33-24(19)23(30)18-6-2-1-3-7-18/h1-8,12,14-15,23H,9-11,13,16H2,(H,29,31). The third-order valence-electron chi connectivity index (χ3n) is 5.71. The molecule has 1 aliphatic heterocycles. The second-order valence-corrected chi connectivity index (χ2v) is 8.88. The predicted molar refractivity (Wildman–Crippen MR) is 121 cm³/mol. The first-order valence-corrected chi connectivity index (χ1v) is 11.5. The Morgan fingerprint density at radius 3 is 2.58 bits per heavy atom. The van der Waals surface area contributed by atoms with Gasteiger partial charge in [0.25, 0.3) is 0 Å². The molecule has 1 atom stereocenters. The Hall–Kier alpha value is -3.13. The zero-order chi connectivity index (χ0) is 23.4. The molecule has 172 valence electrons. The van der Waals surface area contributed by atoms with Crippen molar-refractivity contribution in [1.82, 2.24) is 10.2 Å². The highest BCUT2D eigenvalue weighted by Crippen LogP contribution is 2.38. The number of alkyl halides is 3. The van der Waals surface area contributed by atoms with Crippen molar-refractivity contribution < 1.29 is 22.8 Å². The largest absolute Gasteiger partial charge is 0.416 e. The van der Waals surface area contributed by atoms with E-state index in [-0.39, 0.29) is 37.2 Å². The van der Waals surface area contributed by atoms with Gasteiger partial charge in [-0.25, -0.2) is 0 Å². The molecule has 1 aliphatic rings. The van der Waals surface area contributed by atoms with Crippen molar-refractivity contribution in [1.29, 1.82) is 0 Å². The number of nitrogens with one attached hydrogen (secondary N) is 1. The molecular formula is C25H23F3N2O2S. The van der Waals surface area contributed by atoms with E-state index in [1.54, 1.807) is 11.3 Å². The Kier molecular flexibility index (Phi) is 6.83. The number of hydrogen-bond acceptors (Lipinski definition) is 3. The maximum absolute atomic E-state index is 13.1. The lowest BCUT2D eigenvalue weighted by Crippen LogP contribution is -2.40. The van der Waals surface area contributed by atoms with Crippen LogP contribution in [-0.4, -0.2) is 23.3 Å². The molecule has 0 fully saturated rings. The van der Waals surface area contributed by atoms with Gasteiger partial charge in [0.05, 0.1) is 11.6 Å². The molecule has 4 rings (SSSR count). The summed E-state index contributed by atoms with van der Waals surface area (Å²) in [6.07, 6.45) is -3.64. The van der Waals surface area contributed by atoms with Crippen molar-refractivity contribution >= 4 is 23.2 Å². The Balaban J connectivity index is 1.37. The third kappa shape index (κ3) is 5.45. The SMILES string of the molecule is O=C(CCC(=O)N1CCc2ccsc2C1c1ccccc1)NCc1cccc(C(F)(F)F)c1. The first-order chi connectivity index (χ1) is 15.8. The lowest BCUT2D eigenvalue weighted by Gasteiger charge is -2.36. The van der Waals surface area contributed by atoms with Crippen molar-refractivity contribution in [2.45, 2.75) is 38.0 Å². The van der Waals surface area contributed by atoms with Crippen molar-refractivity contribution in [3.05, 3.63) is 93.2 Å². The van der Waals surface area contributed by atoms with Crippen LogP contribution in [0.1, 0.15) is 46.0 Å². The molecule has 0 bridgehead atoms. The number of halogens is 3. The molecule has 2 heterocycles. The fourth-order valence-corrected chi connectivity index (χ4v) is 5.14. The quantitative estimate of drug-likeness (QED) is 0.527. The van der Waals surface area contributed by atoms with Gasteiger partial charge in [0.15, 0.2) is 0 Å². The summed E-state index contributed by atoms with van der Waals surface area (Å²) in [5.74, 6) is -0.483. The molecule has 0 saturated heterocycles. The number of thiophene rings is 1. The van der Waals surface area contributed by atoms with Gasteiger partial charge in [-0.05, 0) is 46.7 Å². The van der Waals surface area contributed by atoms with Crippen LogP contribution >= 0.6 is 11.3 Å². The number of benzene rings is 2. The molecule has 1 unspecified atom stereocenters. The average molecular weight is 473 g/mol. The molecule has 33 heavy (non-hydrogen) atoms. The number of amides is 2. The van der Waals surface area contributed by atoms with E-state index in [4.69, 9.17) is 0 Å². The van der Waals surface area contributed by atoms with E-state index in [1.807, 2.05) is 40.6 Å². The van der Waals surface area contributed by atoms with Gasteiger partial charge in [-0.15, -0.1) is 11.3 Å². The first-order valence-electron chi connectivity index (χ1n) is 10.7. The van der Waals surface area contributed by atoms with E-state index in [0.717, 1.165) is 29.0 Å². The summed E-state index contributed by atoms with van der Waals surface area (Å²) in [5.41, 5.74) is 1.88. The maximum Gasteiger partial charge on any atom is 0.416 e. The highest BCUT2D eigenvalue weighted by atomic mass is 32.1. The Labute approximate surface area is 194 Å². The Morgan fingerprint density at radius 1 is 1.03 bits per heavy atom. The molecule has 0 radical (unpaired) electrons. The van der Waals surface area contributed by atoms with Crippen molar-refractivity contribution in [3.63, 3.8) is 0 Å². The van der Waals surface area contributed by atoms with Crippen LogP contribution in [-0.2, 0) is 28.7 Å². The van der Waals surface area contributed by atoms with E-state index in [9.17, 15) is 22.8 Å². The molecule has 2 aromatic carbocycles. The van der Waals surface area contributed by atoms with Gasteiger partial charge >= 0.3 is 6.18 Å². The minimum Gasteiger partial charge on any atom is -0.352 e.